The molecule has 0 aliphatic heterocycles. The lowest BCUT2D eigenvalue weighted by Crippen LogP contribution is -2.28. The zero-order valence-electron chi connectivity index (χ0n) is 26.7. The Morgan fingerprint density at radius 1 is 0.571 bits per heavy atom. The summed E-state index contributed by atoms with van der Waals surface area (Å²) in [6, 6.07) is 0. The van der Waals surface area contributed by atoms with Crippen LogP contribution in [0.4, 0.5) is 0 Å². The van der Waals surface area contributed by atoms with Crippen LogP contribution >= 0.6 is 0 Å². The third-order valence-electron chi connectivity index (χ3n) is 6.48. The van der Waals surface area contributed by atoms with Gasteiger partial charge in [0.05, 0.1) is 6.61 Å². The number of rotatable bonds is 28. The zero-order chi connectivity index (χ0) is 30.8. The summed E-state index contributed by atoms with van der Waals surface area (Å²) in [5.74, 6) is -0.681. The Kier molecular flexibility index (Phi) is 30.8. The average molecular weight is 585 g/mol. The van der Waals surface area contributed by atoms with Gasteiger partial charge in [0.15, 0.2) is 6.10 Å². The smallest absolute Gasteiger partial charge is 0.306 e. The van der Waals surface area contributed by atoms with Crippen LogP contribution in [0.5, 0.6) is 0 Å². The van der Waals surface area contributed by atoms with Crippen LogP contribution in [0.2, 0.25) is 0 Å². The molecule has 0 heterocycles. The second-order valence-electron chi connectivity index (χ2n) is 10.5. The lowest BCUT2D eigenvalue weighted by Gasteiger charge is -2.15. The van der Waals surface area contributed by atoms with Gasteiger partial charge >= 0.3 is 11.9 Å². The highest BCUT2D eigenvalue weighted by Crippen LogP contribution is 2.10. The summed E-state index contributed by atoms with van der Waals surface area (Å²) >= 11 is 0. The molecule has 0 amide bonds. The fraction of sp³-hybridized carbons (Fsp3) is 0.622. The van der Waals surface area contributed by atoms with E-state index in [1.54, 1.807) is 0 Å². The van der Waals surface area contributed by atoms with E-state index < -0.39 is 6.10 Å². The Morgan fingerprint density at radius 3 is 1.64 bits per heavy atom. The summed E-state index contributed by atoms with van der Waals surface area (Å²) in [6.45, 7) is 3.89. The van der Waals surface area contributed by atoms with Crippen molar-refractivity contribution in [3.63, 3.8) is 0 Å². The first-order valence-corrected chi connectivity index (χ1v) is 16.5. The number of aliphatic hydroxyl groups is 1. The minimum Gasteiger partial charge on any atom is -0.462 e. The van der Waals surface area contributed by atoms with Crippen molar-refractivity contribution in [3.05, 3.63) is 72.9 Å². The molecule has 1 unspecified atom stereocenters. The summed E-state index contributed by atoms with van der Waals surface area (Å²) in [5.41, 5.74) is 0. The molecule has 1 atom stereocenters. The van der Waals surface area contributed by atoms with E-state index in [0.29, 0.717) is 19.3 Å². The maximum absolute atomic E-state index is 12.1. The maximum Gasteiger partial charge on any atom is 0.306 e. The third kappa shape index (κ3) is 30.3. The van der Waals surface area contributed by atoms with Crippen LogP contribution in [-0.2, 0) is 19.1 Å². The zero-order valence-corrected chi connectivity index (χ0v) is 26.7. The van der Waals surface area contributed by atoms with Crippen LogP contribution in [0.25, 0.3) is 0 Å². The van der Waals surface area contributed by atoms with Crippen LogP contribution in [-0.4, -0.2) is 36.4 Å². The van der Waals surface area contributed by atoms with Gasteiger partial charge in [0, 0.05) is 12.8 Å². The van der Waals surface area contributed by atoms with Crippen LogP contribution in [0.1, 0.15) is 129 Å². The molecule has 0 aromatic heterocycles. The number of aliphatic hydroxyl groups excluding tert-OH is 1. The number of allylic oxidation sites excluding steroid dienone is 12. The molecular weight excluding hydrogens is 524 g/mol. The van der Waals surface area contributed by atoms with Gasteiger partial charge in [0.1, 0.15) is 6.61 Å². The Hall–Kier alpha value is -2.66. The van der Waals surface area contributed by atoms with E-state index >= 15 is 0 Å². The molecular formula is C37H60O5. The fourth-order valence-corrected chi connectivity index (χ4v) is 3.98. The lowest BCUT2D eigenvalue weighted by molar-refractivity contribution is -0.161. The van der Waals surface area contributed by atoms with Crippen molar-refractivity contribution in [1.29, 1.82) is 0 Å². The van der Waals surface area contributed by atoms with Crippen LogP contribution < -0.4 is 0 Å². The third-order valence-corrected chi connectivity index (χ3v) is 6.48. The molecule has 0 rings (SSSR count). The summed E-state index contributed by atoms with van der Waals surface area (Å²) in [6.07, 6.45) is 42.4. The van der Waals surface area contributed by atoms with Gasteiger partial charge in [-0.1, -0.05) is 119 Å². The molecule has 238 valence electrons. The predicted octanol–water partition coefficient (Wildman–Crippen LogP) is 9.83. The molecule has 0 aliphatic rings. The highest BCUT2D eigenvalue weighted by molar-refractivity contribution is 5.70. The molecule has 0 aliphatic carbocycles. The van der Waals surface area contributed by atoms with Gasteiger partial charge in [-0.15, -0.1) is 0 Å². The van der Waals surface area contributed by atoms with Gasteiger partial charge in [0.25, 0.3) is 0 Å². The van der Waals surface area contributed by atoms with Gasteiger partial charge in [-0.25, -0.2) is 0 Å². The fourth-order valence-electron chi connectivity index (χ4n) is 3.98. The summed E-state index contributed by atoms with van der Waals surface area (Å²) in [7, 11) is 0. The second-order valence-corrected chi connectivity index (χ2v) is 10.5. The average Bonchev–Trinajstić information content (AvgIpc) is 2.99. The molecule has 0 spiro atoms. The molecule has 42 heavy (non-hydrogen) atoms. The van der Waals surface area contributed by atoms with Gasteiger partial charge in [-0.05, 0) is 70.6 Å². The van der Waals surface area contributed by atoms with Crippen molar-refractivity contribution in [2.75, 3.05) is 13.2 Å². The number of hydrogen-bond acceptors (Lipinski definition) is 5. The number of unbranched alkanes of at least 4 members (excludes halogenated alkanes) is 8. The standard InChI is InChI=1S/C37H60O5/c1-3-5-7-9-11-13-15-16-17-18-19-20-22-23-25-27-29-31-36(39)41-34-35(33-38)42-37(40)32-30-28-26-24-21-14-12-10-8-6-4-2/h5,7,10-13,16-17,19-20,23,25,35,38H,3-4,6,8-9,14-15,18,21-22,24,26-34H2,1-2H3. The number of carbonyl (C=O) groups is 2. The molecule has 0 saturated carbocycles. The van der Waals surface area contributed by atoms with E-state index in [0.717, 1.165) is 64.2 Å². The highest BCUT2D eigenvalue weighted by Gasteiger charge is 2.15. The van der Waals surface area contributed by atoms with Gasteiger partial charge < -0.3 is 14.6 Å². The largest absolute Gasteiger partial charge is 0.462 e. The number of ether oxygens (including phenoxy) is 2. The van der Waals surface area contributed by atoms with Gasteiger partial charge in [-0.2, -0.15) is 0 Å². The Balaban J connectivity index is 3.75. The van der Waals surface area contributed by atoms with E-state index in [1.807, 2.05) is 0 Å². The van der Waals surface area contributed by atoms with Crippen molar-refractivity contribution in [3.8, 4) is 0 Å². The van der Waals surface area contributed by atoms with Crippen molar-refractivity contribution in [1.82, 2.24) is 0 Å². The first-order chi connectivity index (χ1) is 20.6. The van der Waals surface area contributed by atoms with E-state index in [9.17, 15) is 14.7 Å². The molecule has 1 N–H and O–H groups in total. The van der Waals surface area contributed by atoms with Gasteiger partial charge in [-0.3, -0.25) is 9.59 Å². The summed E-state index contributed by atoms with van der Waals surface area (Å²) in [5, 5.41) is 9.48. The van der Waals surface area contributed by atoms with E-state index in [2.05, 4.69) is 86.8 Å². The Morgan fingerprint density at radius 2 is 1.05 bits per heavy atom. The van der Waals surface area contributed by atoms with E-state index in [1.165, 1.54) is 32.1 Å². The van der Waals surface area contributed by atoms with Crippen LogP contribution in [0.3, 0.4) is 0 Å². The number of esters is 2. The van der Waals surface area contributed by atoms with Crippen molar-refractivity contribution >= 4 is 11.9 Å². The quantitative estimate of drug-likeness (QED) is 0.0563. The minimum atomic E-state index is -0.799. The molecule has 0 aromatic rings. The van der Waals surface area contributed by atoms with E-state index in [4.69, 9.17) is 9.47 Å². The summed E-state index contributed by atoms with van der Waals surface area (Å²) < 4.78 is 10.5. The topological polar surface area (TPSA) is 72.8 Å². The molecule has 0 bridgehead atoms. The number of carbonyl (C=O) groups excluding carboxylic acids is 2. The van der Waals surface area contributed by atoms with Crippen molar-refractivity contribution in [2.24, 2.45) is 0 Å². The molecule has 0 radical (unpaired) electrons. The monoisotopic (exact) mass is 584 g/mol. The molecule has 5 nitrogen and oxygen atoms in total. The first-order valence-electron chi connectivity index (χ1n) is 16.5. The highest BCUT2D eigenvalue weighted by atomic mass is 16.6. The Bertz CT molecular complexity index is 803. The first kappa shape index (κ1) is 39.3. The second kappa shape index (κ2) is 32.8. The molecule has 0 aromatic carbocycles. The maximum atomic E-state index is 12.1. The lowest BCUT2D eigenvalue weighted by atomic mass is 10.1. The van der Waals surface area contributed by atoms with Gasteiger partial charge in [0.2, 0.25) is 0 Å². The molecule has 0 fully saturated rings. The van der Waals surface area contributed by atoms with Crippen LogP contribution in [0, 0.1) is 0 Å². The predicted molar refractivity (Wildman–Crippen MR) is 177 cm³/mol. The van der Waals surface area contributed by atoms with Crippen molar-refractivity contribution in [2.45, 2.75) is 136 Å². The normalized spacial score (nSPS) is 13.1. The Labute approximate surface area is 257 Å². The van der Waals surface area contributed by atoms with E-state index in [-0.39, 0.29) is 25.2 Å². The van der Waals surface area contributed by atoms with Crippen LogP contribution in [0.15, 0.2) is 72.9 Å². The number of hydrogen-bond donors (Lipinski definition) is 1. The van der Waals surface area contributed by atoms with Crippen molar-refractivity contribution < 1.29 is 24.2 Å². The molecule has 5 heteroatoms. The minimum absolute atomic E-state index is 0.103. The molecule has 0 saturated heterocycles. The summed E-state index contributed by atoms with van der Waals surface area (Å²) in [4.78, 5) is 24.1. The SMILES string of the molecule is CCC=CCC=CCC=CCC=CCC=CCCCC(=O)OCC(CO)OC(=O)CCCCCCCC=CCCCC.